The van der Waals surface area contributed by atoms with Crippen molar-refractivity contribution in [3.05, 3.63) is 12.7 Å². The first kappa shape index (κ1) is 20.2. The van der Waals surface area contributed by atoms with Crippen molar-refractivity contribution in [3.63, 3.8) is 0 Å². The number of aromatic nitrogens is 4. The van der Waals surface area contributed by atoms with Gasteiger partial charge in [0.05, 0.1) is 20.8 Å². The van der Waals surface area contributed by atoms with Gasteiger partial charge in [0.2, 0.25) is 0 Å². The fraction of sp³-hybridized carbons (Fsp3) is 0.500. The summed E-state index contributed by atoms with van der Waals surface area (Å²) in [6.45, 7) is -0.931. The molecule has 1 fully saturated rings. The lowest BCUT2D eigenvalue weighted by molar-refractivity contribution is -0.339. The van der Waals surface area contributed by atoms with Gasteiger partial charge in [0, 0.05) is 0 Å². The number of nitrogens with two attached hydrogens (primary N) is 1. The van der Waals surface area contributed by atoms with Crippen molar-refractivity contribution in [3.8, 4) is 0 Å². The number of hydrogen-bond donors (Lipinski definition) is 3. The lowest BCUT2D eigenvalue weighted by atomic mass is 10.1. The van der Waals surface area contributed by atoms with E-state index in [2.05, 4.69) is 23.8 Å². The van der Waals surface area contributed by atoms with E-state index in [9.17, 15) is 34.0 Å². The summed E-state index contributed by atoms with van der Waals surface area (Å²) in [7, 11) is -11.4. The number of hydrogen-bond acceptors (Lipinski definition) is 14. The number of aliphatic hydroxyl groups is 2. The maximum atomic E-state index is 11.3. The summed E-state index contributed by atoms with van der Waals surface area (Å²) in [6, 6.07) is 0. The maximum absolute atomic E-state index is 11.3. The zero-order chi connectivity index (χ0) is 20.0. The van der Waals surface area contributed by atoms with Crippen LogP contribution in [-0.2, 0) is 22.7 Å². The van der Waals surface area contributed by atoms with Crippen LogP contribution < -0.4 is 20.4 Å². The van der Waals surface area contributed by atoms with Crippen LogP contribution in [0.25, 0.3) is 11.2 Å². The molecule has 0 aromatic carbocycles. The number of rotatable bonds is 6. The fourth-order valence-electron chi connectivity index (χ4n) is 2.46. The first-order valence-electron chi connectivity index (χ1n) is 7.12. The van der Waals surface area contributed by atoms with Gasteiger partial charge in [-0.05, 0) is 0 Å². The van der Waals surface area contributed by atoms with E-state index in [-0.39, 0.29) is 17.0 Å². The van der Waals surface area contributed by atoms with Gasteiger partial charge in [-0.1, -0.05) is 0 Å². The zero-order valence-corrected chi connectivity index (χ0v) is 14.9. The molecule has 0 spiro atoms. The topological polar surface area (TPSA) is 241 Å². The minimum atomic E-state index is -5.85. The summed E-state index contributed by atoms with van der Waals surface area (Å²) in [4.78, 5) is 43.7. The van der Waals surface area contributed by atoms with Gasteiger partial charge in [0.15, 0.2) is 17.7 Å². The number of phosphoric acid groups is 2. The minimum absolute atomic E-state index is 0.0655. The molecule has 15 nitrogen and oxygen atoms in total. The fourth-order valence-corrected chi connectivity index (χ4v) is 3.96. The second kappa shape index (κ2) is 7.14. The Balaban J connectivity index is 1.75. The number of anilines is 1. The number of imidazole rings is 1. The Labute approximate surface area is 150 Å². The van der Waals surface area contributed by atoms with Gasteiger partial charge in [-0.25, -0.2) is 15.0 Å². The molecular formula is C10H12N5O10P2-3. The van der Waals surface area contributed by atoms with E-state index in [1.54, 1.807) is 0 Å². The molecule has 0 saturated carbocycles. The van der Waals surface area contributed by atoms with Crippen LogP contribution in [0.15, 0.2) is 12.7 Å². The van der Waals surface area contributed by atoms with Crippen LogP contribution in [0.5, 0.6) is 0 Å². The first-order valence-corrected chi connectivity index (χ1v) is 10.0. The Kier molecular flexibility index (Phi) is 5.35. The molecule has 2 aromatic heterocycles. The highest BCUT2D eigenvalue weighted by Crippen LogP contribution is 2.50. The predicted octanol–water partition coefficient (Wildman–Crippen LogP) is -3.64. The van der Waals surface area contributed by atoms with E-state index >= 15 is 0 Å². The lowest BCUT2D eigenvalue weighted by Gasteiger charge is -2.35. The highest BCUT2D eigenvalue weighted by Gasteiger charge is 2.44. The molecule has 0 amide bonds. The van der Waals surface area contributed by atoms with Crippen LogP contribution in [0.4, 0.5) is 5.82 Å². The molecular weight excluding hydrogens is 412 g/mol. The Morgan fingerprint density at radius 1 is 1.22 bits per heavy atom. The van der Waals surface area contributed by atoms with Gasteiger partial charge in [-0.2, -0.15) is 0 Å². The molecule has 150 valence electrons. The number of fused-ring (bicyclic) bond motifs is 1. The lowest BCUT2D eigenvalue weighted by Crippen LogP contribution is -2.34. The van der Waals surface area contributed by atoms with Crippen LogP contribution >= 0.6 is 15.6 Å². The first-order chi connectivity index (χ1) is 12.5. The van der Waals surface area contributed by atoms with E-state index in [1.165, 1.54) is 10.9 Å². The molecule has 17 heteroatoms. The molecule has 0 bridgehead atoms. The van der Waals surface area contributed by atoms with Gasteiger partial charge in [-0.15, -0.1) is 0 Å². The molecule has 1 saturated heterocycles. The summed E-state index contributed by atoms with van der Waals surface area (Å²) in [5.41, 5.74) is 6.04. The van der Waals surface area contributed by atoms with Gasteiger partial charge < -0.3 is 44.5 Å². The summed E-state index contributed by atoms with van der Waals surface area (Å²) < 4.78 is 35.7. The Bertz CT molecular complexity index is 932. The van der Waals surface area contributed by atoms with Crippen molar-refractivity contribution >= 4 is 32.6 Å². The number of ether oxygens (including phenoxy) is 1. The quantitative estimate of drug-likeness (QED) is 0.379. The van der Waals surface area contributed by atoms with Crippen molar-refractivity contribution in [1.29, 1.82) is 0 Å². The molecule has 0 aliphatic carbocycles. The van der Waals surface area contributed by atoms with Crippen molar-refractivity contribution in [2.24, 2.45) is 0 Å². The van der Waals surface area contributed by atoms with Crippen LogP contribution in [0.2, 0.25) is 0 Å². The zero-order valence-electron chi connectivity index (χ0n) is 13.1. The number of nitrogen functional groups attached to an aromatic ring is 1. The third-order valence-electron chi connectivity index (χ3n) is 3.60. The SMILES string of the molecule is Nc1ncnc2c1ncn2[C@@H]1O[C@@H](COP(=O)([O-])OP(=O)([O-])[O-])[C@@H](O)[C@H]1O. The summed E-state index contributed by atoms with van der Waals surface area (Å²) in [5.74, 6) is 0.0655. The second-order valence-electron chi connectivity index (χ2n) is 5.40. The predicted molar refractivity (Wildman–Crippen MR) is 77.9 cm³/mol. The monoisotopic (exact) mass is 424 g/mol. The van der Waals surface area contributed by atoms with Gasteiger partial charge in [-0.3, -0.25) is 13.4 Å². The van der Waals surface area contributed by atoms with Crippen molar-refractivity contribution in [2.75, 3.05) is 12.3 Å². The maximum Gasteiger partial charge on any atom is 0.271 e. The van der Waals surface area contributed by atoms with Crippen LogP contribution in [0.1, 0.15) is 6.23 Å². The van der Waals surface area contributed by atoms with Crippen LogP contribution in [-0.4, -0.2) is 54.7 Å². The van der Waals surface area contributed by atoms with Gasteiger partial charge in [0.1, 0.15) is 30.2 Å². The third kappa shape index (κ3) is 4.33. The molecule has 27 heavy (non-hydrogen) atoms. The average molecular weight is 424 g/mol. The Morgan fingerprint density at radius 2 is 1.93 bits per heavy atom. The average Bonchev–Trinajstić information content (AvgIpc) is 3.07. The highest BCUT2D eigenvalue weighted by molar-refractivity contribution is 7.58. The van der Waals surface area contributed by atoms with Crippen molar-refractivity contribution in [2.45, 2.75) is 24.5 Å². The molecule has 3 heterocycles. The largest absolute Gasteiger partial charge is 0.790 e. The molecule has 2 aromatic rings. The van der Waals surface area contributed by atoms with E-state index in [4.69, 9.17) is 10.5 Å². The minimum Gasteiger partial charge on any atom is -0.790 e. The van der Waals surface area contributed by atoms with E-state index in [1.807, 2.05) is 0 Å². The summed E-state index contributed by atoms with van der Waals surface area (Å²) >= 11 is 0. The third-order valence-corrected chi connectivity index (χ3v) is 5.66. The van der Waals surface area contributed by atoms with Crippen LogP contribution in [0.3, 0.4) is 0 Å². The standard InChI is InChI=1S/C10H15N5O10P2/c11-8-5-9(13-2-12-8)15(3-14-5)10-7(17)6(16)4(24-10)1-23-27(21,22)25-26(18,19)20/h2-4,6-7,10,16-17H,1H2,(H,21,22)(H2,11,12,13)(H2,18,19,20)/p-3/t4-,6+,7+,10+/m0/s1. The molecule has 1 unspecified atom stereocenters. The molecule has 5 atom stereocenters. The van der Waals surface area contributed by atoms with Crippen molar-refractivity contribution < 1.29 is 47.6 Å². The highest BCUT2D eigenvalue weighted by atomic mass is 31.3. The van der Waals surface area contributed by atoms with E-state index in [0.29, 0.717) is 0 Å². The Hall–Kier alpha value is -1.51. The molecule has 3 rings (SSSR count). The van der Waals surface area contributed by atoms with Gasteiger partial charge in [0.25, 0.3) is 7.82 Å². The molecule has 0 radical (unpaired) electrons. The number of phosphoric ester groups is 1. The second-order valence-corrected chi connectivity index (χ2v) is 8.10. The number of aliphatic hydroxyl groups excluding tert-OH is 2. The van der Waals surface area contributed by atoms with Gasteiger partial charge >= 0.3 is 0 Å². The molecule has 1 aliphatic heterocycles. The van der Waals surface area contributed by atoms with E-state index in [0.717, 1.165) is 6.33 Å². The smallest absolute Gasteiger partial charge is 0.271 e. The number of nitrogens with zero attached hydrogens (tertiary/aromatic N) is 4. The molecule has 1 aliphatic rings. The van der Waals surface area contributed by atoms with E-state index < -0.39 is 46.8 Å². The summed E-state index contributed by atoms with van der Waals surface area (Å²) in [5, 5.41) is 20.2. The Morgan fingerprint density at radius 3 is 2.59 bits per heavy atom. The van der Waals surface area contributed by atoms with Crippen LogP contribution in [0, 0.1) is 0 Å². The normalized spacial score (nSPS) is 28.5. The molecule has 4 N–H and O–H groups in total. The van der Waals surface area contributed by atoms with Crippen molar-refractivity contribution in [1.82, 2.24) is 19.5 Å². The summed E-state index contributed by atoms with van der Waals surface area (Å²) in [6.07, 6.45) is -3.48.